The van der Waals surface area contributed by atoms with Crippen LogP contribution in [0.3, 0.4) is 0 Å². The van der Waals surface area contributed by atoms with E-state index in [1.54, 1.807) is 21.3 Å². The zero-order valence-corrected chi connectivity index (χ0v) is 16.8. The lowest BCUT2D eigenvalue weighted by Crippen LogP contribution is -2.43. The zero-order chi connectivity index (χ0) is 18.7. The van der Waals surface area contributed by atoms with Crippen LogP contribution in [0.2, 0.25) is 6.04 Å². The number of amides is 1. The highest BCUT2D eigenvalue weighted by atomic mass is 28.4. The minimum Gasteiger partial charge on any atom is -0.449 e. The topological polar surface area (TPSA) is 69.3 Å². The summed E-state index contributed by atoms with van der Waals surface area (Å²) in [7, 11) is 6.16. The van der Waals surface area contributed by atoms with Gasteiger partial charge in [-0.25, -0.2) is 4.79 Å². The van der Waals surface area contributed by atoms with Gasteiger partial charge in [-0.05, 0) is 24.1 Å². The predicted octanol–water partition coefficient (Wildman–Crippen LogP) is 2.29. The van der Waals surface area contributed by atoms with Crippen molar-refractivity contribution in [1.29, 1.82) is 0 Å². The Morgan fingerprint density at radius 3 is 2.20 bits per heavy atom. The number of hydrogen-bond donors (Lipinski definition) is 1. The molecule has 25 heavy (non-hydrogen) atoms. The Hall–Kier alpha value is -1.61. The maximum atomic E-state index is 11.7. The number of ether oxygens (including phenoxy) is 1. The van der Waals surface area contributed by atoms with E-state index in [-0.39, 0.29) is 0 Å². The standard InChI is InChI=1S/C17H30N2O5Si/c1-19(2)16-9-7-15(8-10-16)11-13-24-17(20)18-12-6-14-25(21-3,22-4)23-5/h7-10H,6,11-14H2,1-5H3,(H,18,20). The van der Waals surface area contributed by atoms with Crippen molar-refractivity contribution >= 4 is 20.6 Å². The van der Waals surface area contributed by atoms with Gasteiger partial charge in [0.2, 0.25) is 0 Å². The molecule has 7 nitrogen and oxygen atoms in total. The summed E-state index contributed by atoms with van der Waals surface area (Å²) < 4.78 is 21.2. The molecule has 0 aliphatic carbocycles. The first kappa shape index (κ1) is 21.4. The van der Waals surface area contributed by atoms with Crippen LogP contribution in [0.1, 0.15) is 12.0 Å². The molecular formula is C17H30N2O5Si. The van der Waals surface area contributed by atoms with E-state index in [2.05, 4.69) is 5.32 Å². The van der Waals surface area contributed by atoms with Gasteiger partial charge >= 0.3 is 14.9 Å². The first-order valence-electron chi connectivity index (χ1n) is 8.28. The van der Waals surface area contributed by atoms with Gasteiger partial charge in [-0.3, -0.25) is 0 Å². The van der Waals surface area contributed by atoms with Gasteiger partial charge in [0.1, 0.15) is 0 Å². The third-order valence-electron chi connectivity index (χ3n) is 3.94. The van der Waals surface area contributed by atoms with E-state index in [9.17, 15) is 4.79 Å². The highest BCUT2D eigenvalue weighted by Crippen LogP contribution is 2.14. The molecule has 0 spiro atoms. The van der Waals surface area contributed by atoms with Gasteiger partial charge in [-0.15, -0.1) is 0 Å². The lowest BCUT2D eigenvalue weighted by atomic mass is 10.1. The van der Waals surface area contributed by atoms with Crippen LogP contribution in [0, 0.1) is 0 Å². The Balaban J connectivity index is 2.20. The molecule has 0 radical (unpaired) electrons. The molecule has 1 rings (SSSR count). The second-order valence-corrected chi connectivity index (χ2v) is 8.86. The number of nitrogens with zero attached hydrogens (tertiary/aromatic N) is 1. The minimum absolute atomic E-state index is 0.347. The monoisotopic (exact) mass is 370 g/mol. The summed E-state index contributed by atoms with van der Waals surface area (Å²) in [5.74, 6) is 0. The summed E-state index contributed by atoms with van der Waals surface area (Å²) in [6.07, 6.45) is 0.973. The van der Waals surface area contributed by atoms with E-state index in [1.807, 2.05) is 43.3 Å². The van der Waals surface area contributed by atoms with Crippen LogP contribution in [0.25, 0.3) is 0 Å². The Labute approximate surface area is 151 Å². The van der Waals surface area contributed by atoms with Crippen molar-refractivity contribution in [2.24, 2.45) is 0 Å². The molecule has 0 atom stereocenters. The smallest absolute Gasteiger partial charge is 0.449 e. The third-order valence-corrected chi connectivity index (χ3v) is 6.77. The fourth-order valence-electron chi connectivity index (χ4n) is 2.32. The third kappa shape index (κ3) is 7.43. The van der Waals surface area contributed by atoms with Crippen molar-refractivity contribution < 1.29 is 22.8 Å². The molecule has 0 aromatic heterocycles. The molecule has 1 aromatic carbocycles. The van der Waals surface area contributed by atoms with E-state index < -0.39 is 14.9 Å². The summed E-state index contributed by atoms with van der Waals surface area (Å²) in [6, 6.07) is 8.82. The quantitative estimate of drug-likeness (QED) is 0.476. The Morgan fingerprint density at radius 1 is 1.08 bits per heavy atom. The van der Waals surface area contributed by atoms with Crippen molar-refractivity contribution in [3.05, 3.63) is 29.8 Å². The number of alkyl carbamates (subject to hydrolysis) is 1. The molecule has 0 bridgehead atoms. The van der Waals surface area contributed by atoms with Crippen LogP contribution < -0.4 is 10.2 Å². The van der Waals surface area contributed by atoms with Crippen molar-refractivity contribution in [3.63, 3.8) is 0 Å². The van der Waals surface area contributed by atoms with Crippen LogP contribution in [0.15, 0.2) is 24.3 Å². The number of nitrogens with one attached hydrogen (secondary N) is 1. The van der Waals surface area contributed by atoms with Gasteiger partial charge in [0.25, 0.3) is 0 Å². The summed E-state index contributed by atoms with van der Waals surface area (Å²) in [4.78, 5) is 13.7. The molecule has 0 saturated heterocycles. The number of rotatable bonds is 11. The fourth-order valence-corrected chi connectivity index (χ4v) is 4.05. The molecule has 0 fully saturated rings. The molecule has 0 unspecified atom stereocenters. The van der Waals surface area contributed by atoms with Gasteiger partial charge < -0.3 is 28.2 Å². The predicted molar refractivity (Wildman–Crippen MR) is 100 cm³/mol. The molecule has 1 aromatic rings. The van der Waals surface area contributed by atoms with Gasteiger partial charge in [-0.2, -0.15) is 0 Å². The molecule has 8 heteroatoms. The second kappa shape index (κ2) is 11.1. The average Bonchev–Trinajstić information content (AvgIpc) is 2.63. The van der Waals surface area contributed by atoms with E-state index >= 15 is 0 Å². The highest BCUT2D eigenvalue weighted by molar-refractivity contribution is 6.60. The maximum absolute atomic E-state index is 11.7. The largest absolute Gasteiger partial charge is 0.500 e. The summed E-state index contributed by atoms with van der Waals surface area (Å²) >= 11 is 0. The number of anilines is 1. The van der Waals surface area contributed by atoms with Crippen molar-refractivity contribution in [1.82, 2.24) is 5.32 Å². The Morgan fingerprint density at radius 2 is 1.68 bits per heavy atom. The maximum Gasteiger partial charge on any atom is 0.500 e. The molecular weight excluding hydrogens is 340 g/mol. The normalized spacial score (nSPS) is 11.2. The van der Waals surface area contributed by atoms with Crippen LogP contribution in [0.5, 0.6) is 0 Å². The first-order chi connectivity index (χ1) is 12.0. The summed E-state index contributed by atoms with van der Waals surface area (Å²) in [5, 5.41) is 2.73. The van der Waals surface area contributed by atoms with Crippen molar-refractivity contribution in [2.75, 3.05) is 53.5 Å². The fraction of sp³-hybridized carbons (Fsp3) is 0.588. The van der Waals surface area contributed by atoms with Gasteiger partial charge in [0, 0.05) is 60.1 Å². The van der Waals surface area contributed by atoms with E-state index in [0.717, 1.165) is 11.3 Å². The second-order valence-electron chi connectivity index (χ2n) is 5.77. The SMILES string of the molecule is CO[Si](CCCNC(=O)OCCc1ccc(N(C)C)cc1)(OC)OC. The molecule has 1 amide bonds. The molecule has 0 aliphatic rings. The summed E-state index contributed by atoms with van der Waals surface area (Å²) in [6.45, 7) is 0.835. The van der Waals surface area contributed by atoms with Crippen molar-refractivity contribution in [3.8, 4) is 0 Å². The van der Waals surface area contributed by atoms with Crippen LogP contribution in [-0.2, 0) is 24.4 Å². The lowest BCUT2D eigenvalue weighted by Gasteiger charge is -2.24. The number of benzene rings is 1. The molecule has 0 saturated carbocycles. The molecule has 0 heterocycles. The van der Waals surface area contributed by atoms with E-state index in [1.165, 1.54) is 0 Å². The molecule has 1 N–H and O–H groups in total. The first-order valence-corrected chi connectivity index (χ1v) is 10.2. The summed E-state index contributed by atoms with van der Waals surface area (Å²) in [5.41, 5.74) is 2.28. The number of hydrogen-bond acceptors (Lipinski definition) is 6. The van der Waals surface area contributed by atoms with Crippen LogP contribution >= 0.6 is 0 Å². The number of carbonyl (C=O) groups excluding carboxylic acids is 1. The molecule has 0 aliphatic heterocycles. The van der Waals surface area contributed by atoms with E-state index in [0.29, 0.717) is 32.0 Å². The van der Waals surface area contributed by atoms with Crippen molar-refractivity contribution in [2.45, 2.75) is 18.9 Å². The minimum atomic E-state index is -2.57. The zero-order valence-electron chi connectivity index (χ0n) is 15.8. The number of carbonyl (C=O) groups is 1. The van der Waals surface area contributed by atoms with Crippen LogP contribution in [0.4, 0.5) is 10.5 Å². The van der Waals surface area contributed by atoms with E-state index in [4.69, 9.17) is 18.0 Å². The highest BCUT2D eigenvalue weighted by Gasteiger charge is 2.36. The average molecular weight is 371 g/mol. The lowest BCUT2D eigenvalue weighted by molar-refractivity contribution is 0.122. The Bertz CT molecular complexity index is 498. The van der Waals surface area contributed by atoms with Gasteiger partial charge in [-0.1, -0.05) is 12.1 Å². The van der Waals surface area contributed by atoms with Gasteiger partial charge in [0.05, 0.1) is 6.61 Å². The van der Waals surface area contributed by atoms with Crippen LogP contribution in [-0.4, -0.2) is 63.5 Å². The Kier molecular flexibility index (Phi) is 9.51. The molecule has 142 valence electrons. The van der Waals surface area contributed by atoms with Gasteiger partial charge in [0.15, 0.2) is 0 Å².